The SMILES string of the molecule is CCOC(=O)[C@H]1[C@H]2COc3ccc(Br)cc3[C@@H]2N2C(=O)CN(Cc3ccc(C)cc3)C(=O)[C@@]12C. The van der Waals surface area contributed by atoms with Crippen LogP contribution in [0, 0.1) is 18.8 Å². The average Bonchev–Trinajstić information content (AvgIpc) is 3.09. The second kappa shape index (κ2) is 8.41. The number of hydrogen-bond acceptors (Lipinski definition) is 5. The summed E-state index contributed by atoms with van der Waals surface area (Å²) in [6.45, 7) is 6.15. The van der Waals surface area contributed by atoms with Gasteiger partial charge in [0.05, 0.1) is 25.2 Å². The minimum Gasteiger partial charge on any atom is -0.493 e. The summed E-state index contributed by atoms with van der Waals surface area (Å²) in [6, 6.07) is 13.1. The van der Waals surface area contributed by atoms with Gasteiger partial charge in [0.2, 0.25) is 11.8 Å². The zero-order valence-electron chi connectivity index (χ0n) is 19.4. The Morgan fingerprint density at radius 3 is 2.65 bits per heavy atom. The summed E-state index contributed by atoms with van der Waals surface area (Å²) in [5, 5.41) is 0. The zero-order valence-corrected chi connectivity index (χ0v) is 21.0. The highest BCUT2D eigenvalue weighted by Crippen LogP contribution is 2.57. The zero-order chi connectivity index (χ0) is 24.2. The van der Waals surface area contributed by atoms with Gasteiger partial charge < -0.3 is 19.3 Å². The number of esters is 1. The van der Waals surface area contributed by atoms with Gasteiger partial charge in [-0.05, 0) is 44.5 Å². The van der Waals surface area contributed by atoms with Crippen LogP contribution >= 0.6 is 15.9 Å². The molecule has 0 spiro atoms. The summed E-state index contributed by atoms with van der Waals surface area (Å²) in [5.41, 5.74) is 1.49. The van der Waals surface area contributed by atoms with Crippen LogP contribution in [0.4, 0.5) is 0 Å². The van der Waals surface area contributed by atoms with E-state index in [4.69, 9.17) is 9.47 Å². The topological polar surface area (TPSA) is 76.2 Å². The van der Waals surface area contributed by atoms with E-state index >= 15 is 0 Å². The Kier molecular flexibility index (Phi) is 5.67. The van der Waals surface area contributed by atoms with E-state index in [1.54, 1.807) is 23.6 Å². The molecule has 0 aromatic heterocycles. The van der Waals surface area contributed by atoms with E-state index in [0.29, 0.717) is 12.3 Å². The molecular weight excluding hydrogens is 500 g/mol. The van der Waals surface area contributed by atoms with Gasteiger partial charge in [-0.2, -0.15) is 0 Å². The second-order valence-corrected chi connectivity index (χ2v) is 10.3. The Labute approximate surface area is 207 Å². The molecule has 7 nitrogen and oxygen atoms in total. The number of rotatable bonds is 4. The molecule has 5 rings (SSSR count). The Morgan fingerprint density at radius 2 is 1.94 bits per heavy atom. The van der Waals surface area contributed by atoms with Crippen molar-refractivity contribution in [2.75, 3.05) is 19.8 Å². The molecule has 0 unspecified atom stereocenters. The summed E-state index contributed by atoms with van der Waals surface area (Å²) >= 11 is 3.51. The molecule has 2 amide bonds. The van der Waals surface area contributed by atoms with Gasteiger partial charge in [0.15, 0.2) is 0 Å². The second-order valence-electron chi connectivity index (χ2n) is 9.39. The highest BCUT2D eigenvalue weighted by atomic mass is 79.9. The van der Waals surface area contributed by atoms with Crippen LogP contribution in [0.15, 0.2) is 46.9 Å². The fraction of sp³-hybridized carbons (Fsp3) is 0.423. The van der Waals surface area contributed by atoms with E-state index in [-0.39, 0.29) is 31.6 Å². The fourth-order valence-electron chi connectivity index (χ4n) is 5.81. The number of amides is 2. The smallest absolute Gasteiger partial charge is 0.312 e. The number of fused-ring (bicyclic) bond motifs is 5. The van der Waals surface area contributed by atoms with Gasteiger partial charge in [-0.3, -0.25) is 14.4 Å². The molecule has 3 aliphatic rings. The molecule has 3 heterocycles. The van der Waals surface area contributed by atoms with E-state index in [9.17, 15) is 14.4 Å². The summed E-state index contributed by atoms with van der Waals surface area (Å²) in [4.78, 5) is 44.2. The monoisotopic (exact) mass is 526 g/mol. The van der Waals surface area contributed by atoms with Gasteiger partial charge >= 0.3 is 5.97 Å². The van der Waals surface area contributed by atoms with E-state index in [1.807, 2.05) is 49.4 Å². The molecule has 0 N–H and O–H groups in total. The predicted molar refractivity (Wildman–Crippen MR) is 128 cm³/mol. The lowest BCUT2D eigenvalue weighted by molar-refractivity contribution is -0.170. The maximum atomic E-state index is 14.1. The van der Waals surface area contributed by atoms with Crippen molar-refractivity contribution in [1.29, 1.82) is 0 Å². The number of carbonyl (C=O) groups excluding carboxylic acids is 3. The van der Waals surface area contributed by atoms with Crippen LogP contribution in [-0.4, -0.2) is 52.9 Å². The van der Waals surface area contributed by atoms with Crippen LogP contribution in [0.3, 0.4) is 0 Å². The molecule has 0 saturated carbocycles. The molecule has 2 aromatic rings. The molecule has 2 saturated heterocycles. The minimum absolute atomic E-state index is 0.0364. The summed E-state index contributed by atoms with van der Waals surface area (Å²) in [5.74, 6) is -1.44. The molecule has 0 bridgehead atoms. The van der Waals surface area contributed by atoms with E-state index in [0.717, 1.165) is 21.2 Å². The molecule has 8 heteroatoms. The normalized spacial score (nSPS) is 27.6. The first-order chi connectivity index (χ1) is 16.3. The maximum absolute atomic E-state index is 14.1. The summed E-state index contributed by atoms with van der Waals surface area (Å²) in [6.07, 6.45) is 0. The fourth-order valence-corrected chi connectivity index (χ4v) is 6.19. The lowest BCUT2D eigenvalue weighted by Crippen LogP contribution is -2.67. The van der Waals surface area contributed by atoms with Gasteiger partial charge in [-0.1, -0.05) is 45.8 Å². The highest BCUT2D eigenvalue weighted by molar-refractivity contribution is 9.10. The van der Waals surface area contributed by atoms with Gasteiger partial charge in [0.1, 0.15) is 17.8 Å². The number of carbonyl (C=O) groups is 3. The van der Waals surface area contributed by atoms with Gasteiger partial charge in [0, 0.05) is 22.5 Å². The molecule has 0 aliphatic carbocycles. The largest absolute Gasteiger partial charge is 0.493 e. The van der Waals surface area contributed by atoms with Crippen LogP contribution in [0.1, 0.15) is 36.6 Å². The highest BCUT2D eigenvalue weighted by Gasteiger charge is 2.69. The van der Waals surface area contributed by atoms with Crippen molar-refractivity contribution in [2.24, 2.45) is 11.8 Å². The Bertz CT molecular complexity index is 1170. The number of aryl methyl sites for hydroxylation is 1. The molecular formula is C26H27BrN2O5. The molecule has 0 radical (unpaired) electrons. The standard InChI is InChI=1S/C26H27BrN2O5/c1-4-33-24(31)22-19-14-34-20-10-9-17(27)11-18(20)23(19)29-21(30)13-28(25(32)26(22,29)3)12-16-7-5-15(2)6-8-16/h5-11,19,22-23H,4,12-14H2,1-3H3/t19-,22-,23+,26-/m1/s1. The lowest BCUT2D eigenvalue weighted by atomic mass is 9.77. The third-order valence-corrected chi connectivity index (χ3v) is 7.78. The average molecular weight is 527 g/mol. The number of benzene rings is 2. The van der Waals surface area contributed by atoms with Crippen molar-refractivity contribution >= 4 is 33.7 Å². The molecule has 4 atom stereocenters. The van der Waals surface area contributed by atoms with Crippen molar-refractivity contribution in [1.82, 2.24) is 9.80 Å². The number of hydrogen-bond donors (Lipinski definition) is 0. The van der Waals surface area contributed by atoms with Crippen molar-refractivity contribution < 1.29 is 23.9 Å². The van der Waals surface area contributed by atoms with Crippen molar-refractivity contribution in [3.8, 4) is 5.75 Å². The molecule has 2 aromatic carbocycles. The first-order valence-electron chi connectivity index (χ1n) is 11.5. The number of ether oxygens (including phenoxy) is 2. The van der Waals surface area contributed by atoms with Crippen LogP contribution in [0.2, 0.25) is 0 Å². The molecule has 178 valence electrons. The first kappa shape index (κ1) is 22.9. The lowest BCUT2D eigenvalue weighted by Gasteiger charge is -2.47. The van der Waals surface area contributed by atoms with Crippen molar-refractivity contribution in [2.45, 2.75) is 38.9 Å². The van der Waals surface area contributed by atoms with Gasteiger partial charge in [-0.25, -0.2) is 0 Å². The number of nitrogens with zero attached hydrogens (tertiary/aromatic N) is 2. The Hall–Kier alpha value is -2.87. The summed E-state index contributed by atoms with van der Waals surface area (Å²) < 4.78 is 12.3. The first-order valence-corrected chi connectivity index (χ1v) is 12.3. The number of piperazine rings is 1. The van der Waals surface area contributed by atoms with Gasteiger partial charge in [-0.15, -0.1) is 0 Å². The Morgan fingerprint density at radius 1 is 1.21 bits per heavy atom. The minimum atomic E-state index is -1.37. The van der Waals surface area contributed by atoms with Crippen LogP contribution in [-0.2, 0) is 25.7 Å². The van der Waals surface area contributed by atoms with Crippen molar-refractivity contribution in [3.63, 3.8) is 0 Å². The maximum Gasteiger partial charge on any atom is 0.312 e. The number of halogens is 1. The van der Waals surface area contributed by atoms with Crippen molar-refractivity contribution in [3.05, 3.63) is 63.6 Å². The Balaban J connectivity index is 1.59. The van der Waals surface area contributed by atoms with E-state index in [1.165, 1.54) is 0 Å². The quantitative estimate of drug-likeness (QED) is 0.568. The van der Waals surface area contributed by atoms with Gasteiger partial charge in [0.25, 0.3) is 0 Å². The third-order valence-electron chi connectivity index (χ3n) is 7.29. The van der Waals surface area contributed by atoms with E-state index < -0.39 is 29.4 Å². The van der Waals surface area contributed by atoms with Crippen LogP contribution < -0.4 is 4.74 Å². The van der Waals surface area contributed by atoms with Crippen LogP contribution in [0.25, 0.3) is 0 Å². The third kappa shape index (κ3) is 3.42. The molecule has 34 heavy (non-hydrogen) atoms. The summed E-state index contributed by atoms with van der Waals surface area (Å²) in [7, 11) is 0. The predicted octanol–water partition coefficient (Wildman–Crippen LogP) is 3.63. The molecule has 3 aliphatic heterocycles. The van der Waals surface area contributed by atoms with Crippen LogP contribution in [0.5, 0.6) is 5.75 Å². The molecule has 2 fully saturated rings. The van der Waals surface area contributed by atoms with E-state index in [2.05, 4.69) is 15.9 Å².